The minimum absolute atomic E-state index is 0.162. The molecule has 0 fully saturated rings. The Bertz CT molecular complexity index is 288. The number of hydrazine groups is 1. The highest BCUT2D eigenvalue weighted by molar-refractivity contribution is 5.88. The van der Waals surface area contributed by atoms with Gasteiger partial charge < -0.3 is 10.5 Å². The molecule has 0 spiro atoms. The number of anilines is 1. The summed E-state index contributed by atoms with van der Waals surface area (Å²) in [7, 11) is 1.69. The molecule has 1 rings (SSSR count). The van der Waals surface area contributed by atoms with E-state index in [0.717, 1.165) is 0 Å². The van der Waals surface area contributed by atoms with E-state index in [1.54, 1.807) is 7.05 Å². The van der Waals surface area contributed by atoms with E-state index >= 15 is 0 Å². The normalized spacial score (nSPS) is 9.42. The van der Waals surface area contributed by atoms with Crippen molar-refractivity contribution in [1.29, 1.82) is 0 Å². The molecule has 0 aromatic carbocycles. The molecule has 64 valence electrons. The number of nitrogens with zero attached hydrogens (tertiary/aromatic N) is 1. The van der Waals surface area contributed by atoms with Gasteiger partial charge in [0.2, 0.25) is 0 Å². The second kappa shape index (κ2) is 3.68. The quantitative estimate of drug-likeness (QED) is 0.565. The molecular weight excluding hydrogens is 158 g/mol. The van der Waals surface area contributed by atoms with E-state index in [0.29, 0.717) is 5.69 Å². The second-order valence-corrected chi connectivity index (χ2v) is 2.14. The number of nitrogens with one attached hydrogen (secondary N) is 2. The standard InChI is InChI=1S/C7H9N3O2/c1-8-10-6-2-5(7(11)12)3-9-4-6/h2-4,8,10H,1H3,(H,11,12). The van der Waals surface area contributed by atoms with Crippen LogP contribution in [0, 0.1) is 0 Å². The Kier molecular flexibility index (Phi) is 2.60. The van der Waals surface area contributed by atoms with Crippen LogP contribution in [0.4, 0.5) is 5.69 Å². The van der Waals surface area contributed by atoms with Crippen LogP contribution in [-0.2, 0) is 0 Å². The fourth-order valence-corrected chi connectivity index (χ4v) is 0.770. The number of hydrogen-bond donors (Lipinski definition) is 3. The topological polar surface area (TPSA) is 74.2 Å². The third kappa shape index (κ3) is 1.93. The van der Waals surface area contributed by atoms with E-state index < -0.39 is 5.97 Å². The minimum atomic E-state index is -0.984. The van der Waals surface area contributed by atoms with Gasteiger partial charge in [0, 0.05) is 13.2 Å². The number of rotatable bonds is 3. The summed E-state index contributed by atoms with van der Waals surface area (Å²) in [6, 6.07) is 1.49. The van der Waals surface area contributed by atoms with Gasteiger partial charge in [-0.15, -0.1) is 0 Å². The minimum Gasteiger partial charge on any atom is -0.478 e. The van der Waals surface area contributed by atoms with Crippen LogP contribution in [0.3, 0.4) is 0 Å². The maximum Gasteiger partial charge on any atom is 0.337 e. The van der Waals surface area contributed by atoms with E-state index in [9.17, 15) is 4.79 Å². The average Bonchev–Trinajstić information content (AvgIpc) is 2.05. The van der Waals surface area contributed by atoms with Crippen LogP contribution < -0.4 is 10.9 Å². The highest BCUT2D eigenvalue weighted by atomic mass is 16.4. The summed E-state index contributed by atoms with van der Waals surface area (Å²) in [5.41, 5.74) is 6.18. The maximum absolute atomic E-state index is 10.5. The van der Waals surface area contributed by atoms with Gasteiger partial charge in [-0.05, 0) is 6.07 Å². The van der Waals surface area contributed by atoms with Crippen LogP contribution >= 0.6 is 0 Å². The molecule has 0 saturated carbocycles. The van der Waals surface area contributed by atoms with Gasteiger partial charge in [-0.1, -0.05) is 0 Å². The Hall–Kier alpha value is -1.62. The predicted octanol–water partition coefficient (Wildman–Crippen LogP) is 0.326. The zero-order chi connectivity index (χ0) is 8.97. The lowest BCUT2D eigenvalue weighted by Crippen LogP contribution is -2.15. The van der Waals surface area contributed by atoms with Gasteiger partial charge in [0.1, 0.15) is 0 Å². The molecule has 1 aromatic rings. The molecule has 0 unspecified atom stereocenters. The first-order valence-electron chi connectivity index (χ1n) is 3.35. The van der Waals surface area contributed by atoms with Crippen molar-refractivity contribution in [3.8, 4) is 0 Å². The first-order valence-corrected chi connectivity index (χ1v) is 3.35. The molecule has 3 N–H and O–H groups in total. The van der Waals surface area contributed by atoms with Crippen molar-refractivity contribution < 1.29 is 9.90 Å². The molecule has 5 nitrogen and oxygen atoms in total. The summed E-state index contributed by atoms with van der Waals surface area (Å²) in [6.07, 6.45) is 2.83. The summed E-state index contributed by atoms with van der Waals surface area (Å²) >= 11 is 0. The largest absolute Gasteiger partial charge is 0.478 e. The number of aromatic carboxylic acids is 1. The second-order valence-electron chi connectivity index (χ2n) is 2.14. The summed E-state index contributed by atoms with van der Waals surface area (Å²) in [5.74, 6) is -0.984. The van der Waals surface area contributed by atoms with E-state index in [2.05, 4.69) is 15.8 Å². The zero-order valence-electron chi connectivity index (χ0n) is 6.53. The predicted molar refractivity (Wildman–Crippen MR) is 43.9 cm³/mol. The highest BCUT2D eigenvalue weighted by Gasteiger charge is 2.02. The summed E-state index contributed by atoms with van der Waals surface area (Å²) in [5, 5.41) is 8.59. The molecule has 0 aliphatic rings. The van der Waals surface area contributed by atoms with Crippen molar-refractivity contribution in [1.82, 2.24) is 10.4 Å². The Morgan fingerprint density at radius 1 is 1.58 bits per heavy atom. The highest BCUT2D eigenvalue weighted by Crippen LogP contribution is 2.06. The summed E-state index contributed by atoms with van der Waals surface area (Å²) in [4.78, 5) is 14.2. The van der Waals surface area contributed by atoms with Gasteiger partial charge in [-0.2, -0.15) is 0 Å². The van der Waals surface area contributed by atoms with Crippen molar-refractivity contribution in [3.05, 3.63) is 24.0 Å². The van der Waals surface area contributed by atoms with E-state index in [1.807, 2.05) is 0 Å². The van der Waals surface area contributed by atoms with Crippen LogP contribution in [0.1, 0.15) is 10.4 Å². The fourth-order valence-electron chi connectivity index (χ4n) is 0.770. The number of carbonyl (C=O) groups is 1. The zero-order valence-corrected chi connectivity index (χ0v) is 6.53. The van der Waals surface area contributed by atoms with Crippen molar-refractivity contribution in [2.75, 3.05) is 12.5 Å². The fraction of sp³-hybridized carbons (Fsp3) is 0.143. The van der Waals surface area contributed by atoms with E-state index in [-0.39, 0.29) is 5.56 Å². The van der Waals surface area contributed by atoms with Crippen molar-refractivity contribution in [2.45, 2.75) is 0 Å². The maximum atomic E-state index is 10.5. The van der Waals surface area contributed by atoms with Gasteiger partial charge >= 0.3 is 5.97 Å². The first-order chi connectivity index (χ1) is 5.74. The summed E-state index contributed by atoms with van der Waals surface area (Å²) < 4.78 is 0. The van der Waals surface area contributed by atoms with Crippen LogP contribution in [0.5, 0.6) is 0 Å². The number of carboxylic acids is 1. The van der Waals surface area contributed by atoms with Crippen LogP contribution in [0.2, 0.25) is 0 Å². The lowest BCUT2D eigenvalue weighted by atomic mass is 10.3. The van der Waals surface area contributed by atoms with Gasteiger partial charge in [0.15, 0.2) is 0 Å². The number of pyridine rings is 1. The van der Waals surface area contributed by atoms with Crippen LogP contribution in [0.15, 0.2) is 18.5 Å². The smallest absolute Gasteiger partial charge is 0.337 e. The Labute approximate surface area is 69.4 Å². The SMILES string of the molecule is CNNc1cncc(C(=O)O)c1. The molecule has 0 aliphatic heterocycles. The molecule has 0 aliphatic carbocycles. The Balaban J connectivity index is 2.88. The molecule has 0 amide bonds. The Morgan fingerprint density at radius 3 is 2.92 bits per heavy atom. The summed E-state index contributed by atoms with van der Waals surface area (Å²) in [6.45, 7) is 0. The van der Waals surface area contributed by atoms with Gasteiger partial charge in [-0.25, -0.2) is 10.2 Å². The molecule has 0 bridgehead atoms. The van der Waals surface area contributed by atoms with Crippen LogP contribution in [-0.4, -0.2) is 23.1 Å². The molecule has 1 aromatic heterocycles. The lowest BCUT2D eigenvalue weighted by Gasteiger charge is -2.02. The van der Waals surface area contributed by atoms with Crippen molar-refractivity contribution in [3.63, 3.8) is 0 Å². The molecule has 12 heavy (non-hydrogen) atoms. The number of aromatic nitrogens is 1. The molecular formula is C7H9N3O2. The van der Waals surface area contributed by atoms with Gasteiger partial charge in [0.05, 0.1) is 17.4 Å². The molecule has 5 heteroatoms. The average molecular weight is 167 g/mol. The number of hydrogen-bond acceptors (Lipinski definition) is 4. The third-order valence-corrected chi connectivity index (χ3v) is 1.25. The monoisotopic (exact) mass is 167 g/mol. The lowest BCUT2D eigenvalue weighted by molar-refractivity contribution is 0.0696. The first kappa shape index (κ1) is 8.48. The third-order valence-electron chi connectivity index (χ3n) is 1.25. The van der Waals surface area contributed by atoms with Gasteiger partial charge in [-0.3, -0.25) is 4.98 Å². The molecule has 0 radical (unpaired) electrons. The van der Waals surface area contributed by atoms with E-state index in [1.165, 1.54) is 18.5 Å². The van der Waals surface area contributed by atoms with E-state index in [4.69, 9.17) is 5.11 Å². The molecule has 0 saturated heterocycles. The molecule has 1 heterocycles. The van der Waals surface area contributed by atoms with Crippen molar-refractivity contribution >= 4 is 11.7 Å². The van der Waals surface area contributed by atoms with Crippen molar-refractivity contribution in [2.24, 2.45) is 0 Å². The molecule has 0 atom stereocenters. The number of carboxylic acid groups (broad SMARTS) is 1. The van der Waals surface area contributed by atoms with Gasteiger partial charge in [0.25, 0.3) is 0 Å². The Morgan fingerprint density at radius 2 is 2.33 bits per heavy atom. The van der Waals surface area contributed by atoms with Crippen LogP contribution in [0.25, 0.3) is 0 Å².